The van der Waals surface area contributed by atoms with Crippen molar-refractivity contribution in [1.82, 2.24) is 5.32 Å². The minimum atomic E-state index is 0.580. The highest BCUT2D eigenvalue weighted by Gasteiger charge is 2.52. The van der Waals surface area contributed by atoms with Gasteiger partial charge in [-0.2, -0.15) is 0 Å². The molecule has 0 spiro atoms. The van der Waals surface area contributed by atoms with Crippen LogP contribution < -0.4 is 5.32 Å². The molecule has 1 saturated carbocycles. The number of fused-ring (bicyclic) bond motifs is 1. The van der Waals surface area contributed by atoms with Gasteiger partial charge >= 0.3 is 0 Å². The van der Waals surface area contributed by atoms with Gasteiger partial charge in [-0.1, -0.05) is 13.8 Å². The van der Waals surface area contributed by atoms with Gasteiger partial charge in [-0.25, -0.2) is 0 Å². The summed E-state index contributed by atoms with van der Waals surface area (Å²) in [5, 5.41) is 6.02. The van der Waals surface area contributed by atoms with Crippen LogP contribution in [-0.2, 0) is 6.42 Å². The van der Waals surface area contributed by atoms with Crippen molar-refractivity contribution in [2.45, 2.75) is 39.2 Å². The van der Waals surface area contributed by atoms with Gasteiger partial charge in [-0.15, -0.1) is 11.3 Å². The number of nitrogens with one attached hydrogen (secondary N) is 1. The summed E-state index contributed by atoms with van der Waals surface area (Å²) >= 11 is 1.94. The van der Waals surface area contributed by atoms with Crippen molar-refractivity contribution in [3.8, 4) is 0 Å². The first-order valence-corrected chi connectivity index (χ1v) is 6.92. The molecule has 0 aromatic carbocycles. The molecule has 2 aliphatic rings. The fourth-order valence-electron chi connectivity index (χ4n) is 3.11. The van der Waals surface area contributed by atoms with Crippen molar-refractivity contribution >= 4 is 11.3 Å². The third-order valence-electron chi connectivity index (χ3n) is 4.34. The first-order valence-electron chi connectivity index (χ1n) is 6.04. The molecule has 82 valence electrons. The lowest BCUT2D eigenvalue weighted by atomic mass is 9.80. The van der Waals surface area contributed by atoms with Crippen LogP contribution in [0.15, 0.2) is 11.4 Å². The van der Waals surface area contributed by atoms with E-state index in [1.807, 2.05) is 11.3 Å². The summed E-state index contributed by atoms with van der Waals surface area (Å²) in [6.45, 7) is 5.94. The van der Waals surface area contributed by atoms with Crippen molar-refractivity contribution in [3.63, 3.8) is 0 Å². The van der Waals surface area contributed by atoms with E-state index in [0.717, 1.165) is 5.92 Å². The van der Waals surface area contributed by atoms with Crippen molar-refractivity contribution in [2.75, 3.05) is 6.54 Å². The zero-order valence-electron chi connectivity index (χ0n) is 9.55. The SMILES string of the molecule is CC(C)C1(C2NCCc3sccc32)CC1. The molecule has 1 aliphatic carbocycles. The van der Waals surface area contributed by atoms with Crippen LogP contribution in [-0.4, -0.2) is 6.54 Å². The number of hydrogen-bond donors (Lipinski definition) is 1. The Morgan fingerprint density at radius 3 is 2.93 bits per heavy atom. The van der Waals surface area contributed by atoms with Crippen LogP contribution in [0.25, 0.3) is 0 Å². The molecule has 1 aromatic heterocycles. The lowest BCUT2D eigenvalue weighted by Gasteiger charge is -2.34. The Hall–Kier alpha value is -0.340. The fourth-order valence-corrected chi connectivity index (χ4v) is 4.03. The van der Waals surface area contributed by atoms with E-state index >= 15 is 0 Å². The summed E-state index contributed by atoms with van der Waals surface area (Å²) < 4.78 is 0. The minimum Gasteiger partial charge on any atom is -0.309 e. The van der Waals surface area contributed by atoms with Crippen molar-refractivity contribution in [3.05, 3.63) is 21.9 Å². The van der Waals surface area contributed by atoms with E-state index in [4.69, 9.17) is 0 Å². The van der Waals surface area contributed by atoms with E-state index in [0.29, 0.717) is 11.5 Å². The number of thiophene rings is 1. The van der Waals surface area contributed by atoms with Crippen LogP contribution in [0.2, 0.25) is 0 Å². The predicted octanol–water partition coefficient (Wildman–Crippen LogP) is 3.37. The third kappa shape index (κ3) is 1.38. The quantitative estimate of drug-likeness (QED) is 0.807. The Kier molecular flexibility index (Phi) is 2.18. The second kappa shape index (κ2) is 3.33. The second-order valence-corrected chi connectivity index (χ2v) is 6.32. The van der Waals surface area contributed by atoms with E-state index in [1.165, 1.54) is 25.8 Å². The van der Waals surface area contributed by atoms with Gasteiger partial charge in [0, 0.05) is 17.5 Å². The lowest BCUT2D eigenvalue weighted by Crippen LogP contribution is -2.37. The Balaban J connectivity index is 1.96. The van der Waals surface area contributed by atoms with Crippen LogP contribution >= 0.6 is 11.3 Å². The molecule has 2 heteroatoms. The zero-order chi connectivity index (χ0) is 10.5. The smallest absolute Gasteiger partial charge is 0.0390 e. The Morgan fingerprint density at radius 2 is 2.27 bits per heavy atom. The lowest BCUT2D eigenvalue weighted by molar-refractivity contribution is 0.246. The van der Waals surface area contributed by atoms with Crippen LogP contribution in [0.5, 0.6) is 0 Å². The molecule has 0 saturated heterocycles. The highest BCUT2D eigenvalue weighted by molar-refractivity contribution is 7.10. The molecule has 1 unspecified atom stereocenters. The van der Waals surface area contributed by atoms with Crippen molar-refractivity contribution < 1.29 is 0 Å². The average molecular weight is 221 g/mol. The molecule has 1 aliphatic heterocycles. The van der Waals surface area contributed by atoms with E-state index < -0.39 is 0 Å². The zero-order valence-corrected chi connectivity index (χ0v) is 10.4. The molecule has 1 nitrogen and oxygen atoms in total. The topological polar surface area (TPSA) is 12.0 Å². The first kappa shape index (κ1) is 9.86. The average Bonchev–Trinajstić information content (AvgIpc) is 2.89. The molecule has 0 bridgehead atoms. The van der Waals surface area contributed by atoms with Crippen LogP contribution in [0.3, 0.4) is 0 Å². The highest BCUT2D eigenvalue weighted by atomic mass is 32.1. The van der Waals surface area contributed by atoms with Gasteiger partial charge in [0.15, 0.2) is 0 Å². The van der Waals surface area contributed by atoms with E-state index in [9.17, 15) is 0 Å². The van der Waals surface area contributed by atoms with Gasteiger partial charge in [0.2, 0.25) is 0 Å². The second-order valence-electron chi connectivity index (χ2n) is 5.32. The predicted molar refractivity (Wildman–Crippen MR) is 65.3 cm³/mol. The maximum absolute atomic E-state index is 3.75. The summed E-state index contributed by atoms with van der Waals surface area (Å²) in [6.07, 6.45) is 4.06. The summed E-state index contributed by atoms with van der Waals surface area (Å²) in [5.74, 6) is 0.806. The van der Waals surface area contributed by atoms with Crippen molar-refractivity contribution in [2.24, 2.45) is 11.3 Å². The third-order valence-corrected chi connectivity index (χ3v) is 5.34. The monoisotopic (exact) mass is 221 g/mol. The summed E-state index contributed by atoms with van der Waals surface area (Å²) in [6, 6.07) is 2.99. The summed E-state index contributed by atoms with van der Waals surface area (Å²) in [5.41, 5.74) is 2.19. The van der Waals surface area contributed by atoms with Gasteiger partial charge in [0.1, 0.15) is 0 Å². The van der Waals surface area contributed by atoms with Crippen molar-refractivity contribution in [1.29, 1.82) is 0 Å². The first-order chi connectivity index (χ1) is 7.24. The van der Waals surface area contributed by atoms with Gasteiger partial charge in [-0.05, 0) is 47.6 Å². The molecule has 0 radical (unpaired) electrons. The minimum absolute atomic E-state index is 0.580. The molecule has 1 atom stereocenters. The van der Waals surface area contributed by atoms with E-state index in [2.05, 4.69) is 30.6 Å². The van der Waals surface area contributed by atoms with E-state index in [-0.39, 0.29) is 0 Å². The molecule has 3 rings (SSSR count). The summed E-state index contributed by atoms with van der Waals surface area (Å²) in [7, 11) is 0. The fraction of sp³-hybridized carbons (Fsp3) is 0.692. The molecule has 1 aromatic rings. The molecule has 15 heavy (non-hydrogen) atoms. The van der Waals surface area contributed by atoms with Crippen LogP contribution in [0.1, 0.15) is 43.2 Å². The van der Waals surface area contributed by atoms with Gasteiger partial charge in [0.05, 0.1) is 0 Å². The normalized spacial score (nSPS) is 27.8. The standard InChI is InChI=1S/C13H19NS/c1-9(2)13(5-6-13)12-10-4-8-15-11(10)3-7-14-12/h4,8-9,12,14H,3,5-7H2,1-2H3. The van der Waals surface area contributed by atoms with Crippen LogP contribution in [0.4, 0.5) is 0 Å². The summed E-state index contributed by atoms with van der Waals surface area (Å²) in [4.78, 5) is 1.63. The molecular formula is C13H19NS. The molecular weight excluding hydrogens is 202 g/mol. The maximum atomic E-state index is 3.75. The number of hydrogen-bond acceptors (Lipinski definition) is 2. The highest BCUT2D eigenvalue weighted by Crippen LogP contribution is 2.61. The van der Waals surface area contributed by atoms with E-state index in [1.54, 1.807) is 10.4 Å². The van der Waals surface area contributed by atoms with Crippen LogP contribution in [0, 0.1) is 11.3 Å². The molecule has 0 amide bonds. The largest absolute Gasteiger partial charge is 0.309 e. The number of rotatable bonds is 2. The van der Waals surface area contributed by atoms with Gasteiger partial charge < -0.3 is 5.32 Å². The Labute approximate surface area is 95.9 Å². The Morgan fingerprint density at radius 1 is 1.47 bits per heavy atom. The van der Waals surface area contributed by atoms with Gasteiger partial charge in [-0.3, -0.25) is 0 Å². The maximum Gasteiger partial charge on any atom is 0.0390 e. The van der Waals surface area contributed by atoms with Gasteiger partial charge in [0.25, 0.3) is 0 Å². The Bertz CT molecular complexity index is 362. The molecule has 2 heterocycles. The molecule has 1 fully saturated rings. The molecule has 1 N–H and O–H groups in total.